The number of nitrogens with one attached hydrogen (secondary N) is 2. The van der Waals surface area contributed by atoms with Crippen molar-refractivity contribution < 1.29 is 17.9 Å². The first-order chi connectivity index (χ1) is 11.5. The molecule has 2 aromatic carbocycles. The van der Waals surface area contributed by atoms with E-state index in [1.807, 2.05) is 18.2 Å². The molecule has 0 heterocycles. The van der Waals surface area contributed by atoms with Crippen LogP contribution in [0.5, 0.6) is 11.5 Å². The summed E-state index contributed by atoms with van der Waals surface area (Å²) in [5.41, 5.74) is 0.473. The van der Waals surface area contributed by atoms with Gasteiger partial charge in [0.15, 0.2) is 5.75 Å². The van der Waals surface area contributed by atoms with Gasteiger partial charge in [0.2, 0.25) is 15.9 Å². The summed E-state index contributed by atoms with van der Waals surface area (Å²) in [6.07, 6.45) is 0.491. The highest BCUT2D eigenvalue weighted by Crippen LogP contribution is 2.28. The van der Waals surface area contributed by atoms with E-state index in [-0.39, 0.29) is 12.3 Å². The van der Waals surface area contributed by atoms with Gasteiger partial charge in [-0.25, -0.2) is 13.1 Å². The van der Waals surface area contributed by atoms with Crippen LogP contribution in [0.2, 0.25) is 0 Å². The fourth-order valence-corrected chi connectivity index (χ4v) is 3.02. The fourth-order valence-electron chi connectivity index (χ4n) is 1.99. The second-order valence-electron chi connectivity index (χ2n) is 5.10. The first-order valence-electron chi connectivity index (χ1n) is 7.59. The molecule has 24 heavy (non-hydrogen) atoms. The average Bonchev–Trinajstić information content (AvgIpc) is 2.56. The van der Waals surface area contributed by atoms with E-state index in [1.54, 1.807) is 43.3 Å². The molecule has 7 heteroatoms. The molecule has 0 radical (unpaired) electrons. The second-order valence-corrected chi connectivity index (χ2v) is 7.03. The lowest BCUT2D eigenvalue weighted by atomic mass is 10.3. The summed E-state index contributed by atoms with van der Waals surface area (Å²) in [6.45, 7) is 1.44. The molecular formula is C17H20N2O4S. The number of carbonyl (C=O) groups excluding carboxylic acids is 1. The van der Waals surface area contributed by atoms with Gasteiger partial charge in [-0.05, 0) is 30.7 Å². The van der Waals surface area contributed by atoms with Crippen molar-refractivity contribution in [2.24, 2.45) is 0 Å². The predicted molar refractivity (Wildman–Crippen MR) is 93.7 cm³/mol. The van der Waals surface area contributed by atoms with E-state index >= 15 is 0 Å². The number of rotatable bonds is 8. The minimum absolute atomic E-state index is 0.00597. The lowest BCUT2D eigenvalue weighted by molar-refractivity contribution is -0.115. The number of hydrogen-bond acceptors (Lipinski definition) is 4. The lowest BCUT2D eigenvalue weighted by Crippen LogP contribution is -2.34. The van der Waals surface area contributed by atoms with Crippen molar-refractivity contribution >= 4 is 21.6 Å². The van der Waals surface area contributed by atoms with Crippen molar-refractivity contribution in [1.82, 2.24) is 4.72 Å². The minimum atomic E-state index is -3.42. The highest BCUT2D eigenvalue weighted by atomic mass is 32.2. The highest BCUT2D eigenvalue weighted by Gasteiger charge is 2.13. The number of carbonyl (C=O) groups is 1. The van der Waals surface area contributed by atoms with Crippen molar-refractivity contribution in [1.29, 1.82) is 0 Å². The Morgan fingerprint density at radius 1 is 1.04 bits per heavy atom. The smallest absolute Gasteiger partial charge is 0.239 e. The van der Waals surface area contributed by atoms with Crippen LogP contribution in [0, 0.1) is 0 Å². The SMILES string of the molecule is CCCS(=O)(=O)NCC(=O)Nc1ccccc1Oc1ccccc1. The van der Waals surface area contributed by atoms with Crippen LogP contribution in [0.1, 0.15) is 13.3 Å². The Balaban J connectivity index is 2.01. The van der Waals surface area contributed by atoms with E-state index in [1.165, 1.54) is 0 Å². The summed E-state index contributed by atoms with van der Waals surface area (Å²) in [5, 5.41) is 2.65. The van der Waals surface area contributed by atoms with Gasteiger partial charge in [-0.3, -0.25) is 4.79 Å². The second kappa shape index (κ2) is 8.47. The van der Waals surface area contributed by atoms with Crippen LogP contribution in [0.25, 0.3) is 0 Å². The summed E-state index contributed by atoms with van der Waals surface area (Å²) in [4.78, 5) is 12.0. The molecule has 2 rings (SSSR count). The van der Waals surface area contributed by atoms with Gasteiger partial charge >= 0.3 is 0 Å². The molecule has 0 fully saturated rings. The molecular weight excluding hydrogens is 328 g/mol. The van der Waals surface area contributed by atoms with Crippen LogP contribution in [-0.2, 0) is 14.8 Å². The Morgan fingerprint density at radius 3 is 2.42 bits per heavy atom. The Labute approximate surface area is 141 Å². The van der Waals surface area contributed by atoms with Gasteiger partial charge in [0.25, 0.3) is 0 Å². The first-order valence-corrected chi connectivity index (χ1v) is 9.24. The zero-order valence-electron chi connectivity index (χ0n) is 13.4. The monoisotopic (exact) mass is 348 g/mol. The highest BCUT2D eigenvalue weighted by molar-refractivity contribution is 7.89. The fraction of sp³-hybridized carbons (Fsp3) is 0.235. The van der Waals surface area contributed by atoms with Gasteiger partial charge in [-0.2, -0.15) is 0 Å². The van der Waals surface area contributed by atoms with Gasteiger partial charge in [0.05, 0.1) is 18.0 Å². The predicted octanol–water partition coefficient (Wildman–Crippen LogP) is 2.75. The number of benzene rings is 2. The molecule has 2 aromatic rings. The molecule has 2 N–H and O–H groups in total. The molecule has 128 valence electrons. The minimum Gasteiger partial charge on any atom is -0.455 e. The maximum absolute atomic E-state index is 12.0. The Kier molecular flexibility index (Phi) is 6.34. The quantitative estimate of drug-likeness (QED) is 0.768. The van der Waals surface area contributed by atoms with Crippen LogP contribution >= 0.6 is 0 Å². The van der Waals surface area contributed by atoms with Crippen molar-refractivity contribution in [3.63, 3.8) is 0 Å². The molecule has 0 atom stereocenters. The summed E-state index contributed by atoms with van der Waals surface area (Å²) < 4.78 is 31.2. The largest absolute Gasteiger partial charge is 0.455 e. The zero-order valence-corrected chi connectivity index (χ0v) is 14.2. The molecule has 0 unspecified atom stereocenters. The topological polar surface area (TPSA) is 84.5 Å². The number of sulfonamides is 1. The lowest BCUT2D eigenvalue weighted by Gasteiger charge is -2.12. The number of ether oxygens (including phenoxy) is 1. The summed E-state index contributed by atoms with van der Waals surface area (Å²) in [6, 6.07) is 16.1. The normalized spacial score (nSPS) is 11.0. The Bertz CT molecular complexity index is 776. The van der Waals surface area contributed by atoms with E-state index < -0.39 is 15.9 Å². The van der Waals surface area contributed by atoms with Gasteiger partial charge in [-0.1, -0.05) is 37.3 Å². The summed E-state index contributed by atoms with van der Waals surface area (Å²) in [5.74, 6) is 0.656. The summed E-state index contributed by atoms with van der Waals surface area (Å²) in [7, 11) is -3.42. The number of anilines is 1. The third-order valence-corrected chi connectivity index (χ3v) is 4.59. The van der Waals surface area contributed by atoms with Gasteiger partial charge in [-0.15, -0.1) is 0 Å². The maximum atomic E-state index is 12.0. The van der Waals surface area contributed by atoms with E-state index in [0.29, 0.717) is 23.6 Å². The van der Waals surface area contributed by atoms with E-state index in [2.05, 4.69) is 10.0 Å². The Morgan fingerprint density at radius 2 is 1.71 bits per heavy atom. The molecule has 0 bridgehead atoms. The first kappa shape index (κ1) is 18.0. The molecule has 0 saturated carbocycles. The molecule has 0 aromatic heterocycles. The molecule has 6 nitrogen and oxygen atoms in total. The molecule has 0 aliphatic heterocycles. The standard InChI is InChI=1S/C17H20N2O4S/c1-2-12-24(21,22)18-13-17(20)19-15-10-6-7-11-16(15)23-14-8-4-3-5-9-14/h3-11,18H,2,12-13H2,1H3,(H,19,20). The van der Waals surface area contributed by atoms with E-state index in [9.17, 15) is 13.2 Å². The van der Waals surface area contributed by atoms with E-state index in [0.717, 1.165) is 0 Å². The summed E-state index contributed by atoms with van der Waals surface area (Å²) >= 11 is 0. The Hall–Kier alpha value is -2.38. The van der Waals surface area contributed by atoms with Gasteiger partial charge in [0, 0.05) is 0 Å². The molecule has 0 saturated heterocycles. The molecule has 1 amide bonds. The number of hydrogen-bond donors (Lipinski definition) is 2. The number of amides is 1. The van der Waals surface area contributed by atoms with Gasteiger partial charge in [0.1, 0.15) is 5.75 Å². The van der Waals surface area contributed by atoms with Gasteiger partial charge < -0.3 is 10.1 Å². The maximum Gasteiger partial charge on any atom is 0.239 e. The molecule has 0 spiro atoms. The molecule has 0 aliphatic rings. The number of para-hydroxylation sites is 3. The van der Waals surface area contributed by atoms with Crippen LogP contribution in [-0.4, -0.2) is 26.6 Å². The third-order valence-electron chi connectivity index (χ3n) is 3.06. The van der Waals surface area contributed by atoms with Crippen LogP contribution in [0.15, 0.2) is 54.6 Å². The van der Waals surface area contributed by atoms with Crippen molar-refractivity contribution in [3.8, 4) is 11.5 Å². The molecule has 0 aliphatic carbocycles. The van der Waals surface area contributed by atoms with Crippen molar-refractivity contribution in [2.45, 2.75) is 13.3 Å². The zero-order chi connectivity index (χ0) is 17.4. The van der Waals surface area contributed by atoms with Crippen molar-refractivity contribution in [3.05, 3.63) is 54.6 Å². The van der Waals surface area contributed by atoms with Crippen LogP contribution < -0.4 is 14.8 Å². The third kappa shape index (κ3) is 5.68. The van der Waals surface area contributed by atoms with Crippen LogP contribution in [0.4, 0.5) is 5.69 Å². The van der Waals surface area contributed by atoms with E-state index in [4.69, 9.17) is 4.74 Å². The van der Waals surface area contributed by atoms with Crippen molar-refractivity contribution in [2.75, 3.05) is 17.6 Å². The average molecular weight is 348 g/mol. The van der Waals surface area contributed by atoms with Crippen LogP contribution in [0.3, 0.4) is 0 Å².